The van der Waals surface area contributed by atoms with E-state index < -0.39 is 0 Å². The molecule has 0 atom stereocenters. The van der Waals surface area contributed by atoms with Crippen molar-refractivity contribution in [2.75, 3.05) is 0 Å². The monoisotopic (exact) mass is 206 g/mol. The number of allylic oxidation sites excluding steroid dienone is 2. The fraction of sp³-hybridized carbons (Fsp3) is 0.0833. The Labute approximate surface area is 88.7 Å². The first kappa shape index (κ1) is 10.7. The third-order valence-corrected chi connectivity index (χ3v) is 2.07. The molecule has 0 fully saturated rings. The first-order chi connectivity index (χ1) is 6.65. The first-order valence-corrected chi connectivity index (χ1v) is 4.62. The zero-order chi connectivity index (χ0) is 10.6. The summed E-state index contributed by atoms with van der Waals surface area (Å²) in [5.74, 6) is -0.0541. The number of rotatable bonds is 4. The van der Waals surface area contributed by atoms with Crippen LogP contribution in [0.1, 0.15) is 16.8 Å². The molecule has 0 aliphatic carbocycles. The predicted molar refractivity (Wildman–Crippen MR) is 59.7 cm³/mol. The van der Waals surface area contributed by atoms with Crippen molar-refractivity contribution in [3.05, 3.63) is 59.7 Å². The first-order valence-electron chi connectivity index (χ1n) is 4.24. The number of Topliss-reactive ketones (excluding diaryl/α,β-unsaturated/α-hetero) is 1. The van der Waals surface area contributed by atoms with Crippen LogP contribution in [0.15, 0.2) is 49.1 Å². The second-order valence-corrected chi connectivity index (χ2v) is 3.37. The molecule has 72 valence electrons. The second kappa shape index (κ2) is 4.77. The van der Waals surface area contributed by atoms with Gasteiger partial charge in [-0.1, -0.05) is 24.3 Å². The summed E-state index contributed by atoms with van der Waals surface area (Å²) in [7, 11) is 0. The number of carbonyl (C=O) groups is 1. The summed E-state index contributed by atoms with van der Waals surface area (Å²) in [5.41, 5.74) is 1.16. The summed E-state index contributed by atoms with van der Waals surface area (Å²) in [6, 6.07) is 6.77. The van der Waals surface area contributed by atoms with Crippen LogP contribution in [0.3, 0.4) is 0 Å². The fourth-order valence-electron chi connectivity index (χ4n) is 1.07. The van der Waals surface area contributed by atoms with Crippen LogP contribution in [-0.2, 0) is 0 Å². The lowest BCUT2D eigenvalue weighted by atomic mass is 10.0. The Bertz CT molecular complexity index is 362. The Morgan fingerprint density at radius 3 is 2.43 bits per heavy atom. The number of hydrogen-bond donors (Lipinski definition) is 0. The van der Waals surface area contributed by atoms with Crippen LogP contribution in [0.25, 0.3) is 0 Å². The van der Waals surface area contributed by atoms with Crippen LogP contribution in [0.4, 0.5) is 0 Å². The van der Waals surface area contributed by atoms with E-state index in [-0.39, 0.29) is 5.78 Å². The minimum atomic E-state index is -0.0541. The highest BCUT2D eigenvalue weighted by Gasteiger charge is 2.07. The topological polar surface area (TPSA) is 17.1 Å². The Morgan fingerprint density at radius 1 is 1.36 bits per heavy atom. The smallest absolute Gasteiger partial charge is 0.188 e. The zero-order valence-electron chi connectivity index (χ0n) is 7.79. The van der Waals surface area contributed by atoms with Crippen molar-refractivity contribution in [2.45, 2.75) is 6.42 Å². The lowest BCUT2D eigenvalue weighted by molar-refractivity contribution is 0.103. The molecular weight excluding hydrogens is 196 g/mol. The van der Waals surface area contributed by atoms with E-state index in [4.69, 9.17) is 11.6 Å². The maximum absolute atomic E-state index is 11.7. The van der Waals surface area contributed by atoms with Gasteiger partial charge in [-0.05, 0) is 36.3 Å². The van der Waals surface area contributed by atoms with Gasteiger partial charge in [-0.25, -0.2) is 0 Å². The molecule has 1 rings (SSSR count). The van der Waals surface area contributed by atoms with Gasteiger partial charge in [0.15, 0.2) is 5.78 Å². The van der Waals surface area contributed by atoms with Crippen LogP contribution < -0.4 is 0 Å². The molecule has 1 aromatic rings. The maximum atomic E-state index is 11.7. The van der Waals surface area contributed by atoms with Gasteiger partial charge >= 0.3 is 0 Å². The lowest BCUT2D eigenvalue weighted by Gasteiger charge is -2.01. The normalized spacial score (nSPS) is 9.50. The average Bonchev–Trinajstić information content (AvgIpc) is 2.18. The van der Waals surface area contributed by atoms with Crippen molar-refractivity contribution in [1.29, 1.82) is 0 Å². The molecule has 0 aromatic heterocycles. The number of ketones is 1. The molecule has 1 nitrogen and oxygen atoms in total. The summed E-state index contributed by atoms with van der Waals surface area (Å²) in [6.07, 6.45) is 2.18. The summed E-state index contributed by atoms with van der Waals surface area (Å²) in [6.45, 7) is 7.25. The Balaban J connectivity index is 2.84. The molecular formula is C12H11ClO. The summed E-state index contributed by atoms with van der Waals surface area (Å²) < 4.78 is 0. The number of carbonyl (C=O) groups excluding carboxylic acids is 1. The molecule has 0 saturated heterocycles. The standard InChI is InChI=1S/C12H11ClO/c1-3-4-9(2)12(14)10-5-7-11(13)8-6-10/h3,5-8H,1-2,4H2. The molecule has 0 aliphatic heterocycles. The van der Waals surface area contributed by atoms with Gasteiger partial charge in [0.25, 0.3) is 0 Å². The van der Waals surface area contributed by atoms with Crippen LogP contribution >= 0.6 is 11.6 Å². The number of benzene rings is 1. The van der Waals surface area contributed by atoms with Crippen molar-refractivity contribution in [3.8, 4) is 0 Å². The van der Waals surface area contributed by atoms with E-state index in [1.165, 1.54) is 0 Å². The van der Waals surface area contributed by atoms with Crippen molar-refractivity contribution < 1.29 is 4.79 Å². The number of hydrogen-bond acceptors (Lipinski definition) is 1. The quantitative estimate of drug-likeness (QED) is 0.418. The van der Waals surface area contributed by atoms with E-state index in [0.29, 0.717) is 22.6 Å². The molecule has 14 heavy (non-hydrogen) atoms. The third kappa shape index (κ3) is 2.57. The molecule has 0 N–H and O–H groups in total. The van der Waals surface area contributed by atoms with Gasteiger partial charge in [-0.15, -0.1) is 6.58 Å². The largest absolute Gasteiger partial charge is 0.289 e. The van der Waals surface area contributed by atoms with Crippen molar-refractivity contribution in [2.24, 2.45) is 0 Å². The second-order valence-electron chi connectivity index (χ2n) is 2.93. The van der Waals surface area contributed by atoms with Gasteiger partial charge in [0.05, 0.1) is 0 Å². The highest BCUT2D eigenvalue weighted by molar-refractivity contribution is 6.30. The van der Waals surface area contributed by atoms with E-state index in [1.807, 2.05) is 0 Å². The Kier molecular flexibility index (Phi) is 3.66. The van der Waals surface area contributed by atoms with Gasteiger partial charge in [0.2, 0.25) is 0 Å². The molecule has 1 aromatic carbocycles. The van der Waals surface area contributed by atoms with Crippen molar-refractivity contribution in [3.63, 3.8) is 0 Å². The maximum Gasteiger partial charge on any atom is 0.188 e. The van der Waals surface area contributed by atoms with Gasteiger partial charge in [-0.3, -0.25) is 4.79 Å². The van der Waals surface area contributed by atoms with Crippen LogP contribution in [0.5, 0.6) is 0 Å². The average molecular weight is 207 g/mol. The Morgan fingerprint density at radius 2 is 1.93 bits per heavy atom. The molecule has 0 radical (unpaired) electrons. The van der Waals surface area contributed by atoms with Crippen LogP contribution in [0.2, 0.25) is 5.02 Å². The predicted octanol–water partition coefficient (Wildman–Crippen LogP) is 3.66. The lowest BCUT2D eigenvalue weighted by Crippen LogP contribution is -2.01. The number of halogens is 1. The molecule has 0 unspecified atom stereocenters. The fourth-order valence-corrected chi connectivity index (χ4v) is 1.20. The Hall–Kier alpha value is -1.34. The summed E-state index contributed by atoms with van der Waals surface area (Å²) in [4.78, 5) is 11.7. The van der Waals surface area contributed by atoms with E-state index in [0.717, 1.165) is 0 Å². The highest BCUT2D eigenvalue weighted by atomic mass is 35.5. The van der Waals surface area contributed by atoms with Crippen molar-refractivity contribution in [1.82, 2.24) is 0 Å². The molecule has 0 spiro atoms. The van der Waals surface area contributed by atoms with Crippen molar-refractivity contribution >= 4 is 17.4 Å². The van der Waals surface area contributed by atoms with Gasteiger partial charge in [0, 0.05) is 10.6 Å². The minimum Gasteiger partial charge on any atom is -0.289 e. The summed E-state index contributed by atoms with van der Waals surface area (Å²) in [5, 5.41) is 0.621. The van der Waals surface area contributed by atoms with Crippen LogP contribution in [-0.4, -0.2) is 5.78 Å². The van der Waals surface area contributed by atoms with Gasteiger partial charge in [0.1, 0.15) is 0 Å². The summed E-state index contributed by atoms with van der Waals surface area (Å²) >= 11 is 5.71. The van der Waals surface area contributed by atoms with E-state index in [1.54, 1.807) is 30.3 Å². The minimum absolute atomic E-state index is 0.0541. The molecule has 2 heteroatoms. The highest BCUT2D eigenvalue weighted by Crippen LogP contribution is 2.14. The van der Waals surface area contributed by atoms with E-state index in [9.17, 15) is 4.79 Å². The third-order valence-electron chi connectivity index (χ3n) is 1.82. The SMILES string of the molecule is C=CCC(=C)C(=O)c1ccc(Cl)cc1. The molecule has 0 bridgehead atoms. The van der Waals surface area contributed by atoms with Gasteiger partial charge in [-0.2, -0.15) is 0 Å². The molecule has 0 heterocycles. The molecule has 0 aliphatic rings. The van der Waals surface area contributed by atoms with Gasteiger partial charge < -0.3 is 0 Å². The molecule has 0 saturated carbocycles. The van der Waals surface area contributed by atoms with Crippen LogP contribution in [0, 0.1) is 0 Å². The van der Waals surface area contributed by atoms with E-state index >= 15 is 0 Å². The molecule has 0 amide bonds. The zero-order valence-corrected chi connectivity index (χ0v) is 8.55. The van der Waals surface area contributed by atoms with E-state index in [2.05, 4.69) is 13.2 Å².